The first-order valence-electron chi connectivity index (χ1n) is 5.03. The van der Waals surface area contributed by atoms with Crippen molar-refractivity contribution >= 4 is 36.0 Å². The van der Waals surface area contributed by atoms with Gasteiger partial charge in [0.25, 0.3) is 0 Å². The van der Waals surface area contributed by atoms with E-state index >= 15 is 0 Å². The average molecular weight is 273 g/mol. The first-order chi connectivity index (χ1) is 7.97. The minimum Gasteiger partial charge on any atom is -0.507 e. The number of rotatable bonds is 3. The van der Waals surface area contributed by atoms with Crippen LogP contribution < -0.4 is 0 Å². The maximum Gasteiger partial charge on any atom is 0.337 e. The van der Waals surface area contributed by atoms with Crippen LogP contribution in [0, 0.1) is 0 Å². The molecule has 0 aliphatic heterocycles. The second-order valence-corrected chi connectivity index (χ2v) is 4.28. The number of carbonyl (C=O) groups is 1. The van der Waals surface area contributed by atoms with Crippen molar-refractivity contribution in [2.75, 3.05) is 6.61 Å². The average Bonchev–Trinajstić information content (AvgIpc) is 2.30. The highest BCUT2D eigenvalue weighted by Crippen LogP contribution is 2.27. The molecule has 0 unspecified atom stereocenters. The molecule has 17 heavy (non-hydrogen) atoms. The molecule has 0 amide bonds. The smallest absolute Gasteiger partial charge is 0.337 e. The van der Waals surface area contributed by atoms with Crippen LogP contribution in [0.3, 0.4) is 0 Å². The summed E-state index contributed by atoms with van der Waals surface area (Å²) in [5, 5.41) is 10.3. The number of esters is 1. The first-order valence-corrected chi connectivity index (χ1v) is 5.85. The van der Waals surface area contributed by atoms with Gasteiger partial charge in [0.2, 0.25) is 0 Å². The van der Waals surface area contributed by atoms with Crippen LogP contribution in [0.25, 0.3) is 5.76 Å². The third-order valence-corrected chi connectivity index (χ3v) is 2.75. The lowest BCUT2D eigenvalue weighted by Gasteiger charge is -2.08. The van der Waals surface area contributed by atoms with E-state index in [0.29, 0.717) is 15.5 Å². The summed E-state index contributed by atoms with van der Waals surface area (Å²) >= 11 is 10.1. The van der Waals surface area contributed by atoms with Gasteiger partial charge in [-0.3, -0.25) is 0 Å². The quantitative estimate of drug-likeness (QED) is 0.383. The first kappa shape index (κ1) is 13.9. The van der Waals surface area contributed by atoms with Gasteiger partial charge in [0.1, 0.15) is 5.76 Å². The molecule has 0 bridgehead atoms. The molecular formula is C12H13ClO3S. The summed E-state index contributed by atoms with van der Waals surface area (Å²) in [5.74, 6) is -0.755. The Kier molecular flexibility index (Phi) is 4.90. The van der Waals surface area contributed by atoms with E-state index in [4.69, 9.17) is 16.3 Å². The SMILES string of the molecule is CCOC(=O)/C(C)=C(\O)c1cc(S)ccc1Cl. The highest BCUT2D eigenvalue weighted by molar-refractivity contribution is 7.80. The van der Waals surface area contributed by atoms with Gasteiger partial charge < -0.3 is 9.84 Å². The zero-order valence-electron chi connectivity index (χ0n) is 9.53. The molecule has 5 heteroatoms. The number of aliphatic hydroxyl groups is 1. The minimum absolute atomic E-state index is 0.118. The van der Waals surface area contributed by atoms with Crippen LogP contribution in [0.2, 0.25) is 5.02 Å². The summed E-state index contributed by atoms with van der Waals surface area (Å²) in [5.41, 5.74) is 0.484. The lowest BCUT2D eigenvalue weighted by Crippen LogP contribution is -2.07. The number of thiol groups is 1. The summed E-state index contributed by atoms with van der Waals surface area (Å²) in [6.45, 7) is 3.43. The highest BCUT2D eigenvalue weighted by atomic mass is 35.5. The summed E-state index contributed by atoms with van der Waals surface area (Å²) in [7, 11) is 0. The zero-order valence-corrected chi connectivity index (χ0v) is 11.2. The van der Waals surface area contributed by atoms with Gasteiger partial charge in [-0.2, -0.15) is 0 Å². The van der Waals surface area contributed by atoms with Crippen molar-refractivity contribution < 1.29 is 14.6 Å². The van der Waals surface area contributed by atoms with Crippen molar-refractivity contribution in [3.8, 4) is 0 Å². The molecule has 0 fully saturated rings. The fraction of sp³-hybridized carbons (Fsp3) is 0.250. The van der Waals surface area contributed by atoms with E-state index in [1.165, 1.54) is 6.92 Å². The third kappa shape index (κ3) is 3.41. The molecule has 1 N–H and O–H groups in total. The molecule has 1 aromatic carbocycles. The molecule has 0 atom stereocenters. The molecule has 3 nitrogen and oxygen atoms in total. The zero-order chi connectivity index (χ0) is 13.0. The van der Waals surface area contributed by atoms with E-state index in [-0.39, 0.29) is 17.9 Å². The lowest BCUT2D eigenvalue weighted by atomic mass is 10.1. The van der Waals surface area contributed by atoms with E-state index in [1.807, 2.05) is 0 Å². The highest BCUT2D eigenvalue weighted by Gasteiger charge is 2.15. The van der Waals surface area contributed by atoms with E-state index in [1.54, 1.807) is 25.1 Å². The monoisotopic (exact) mass is 272 g/mol. The van der Waals surface area contributed by atoms with E-state index in [0.717, 1.165) is 0 Å². The largest absolute Gasteiger partial charge is 0.507 e. The fourth-order valence-corrected chi connectivity index (χ4v) is 1.64. The maximum absolute atomic E-state index is 11.5. The van der Waals surface area contributed by atoms with Crippen LogP contribution in [0.5, 0.6) is 0 Å². The minimum atomic E-state index is -0.564. The van der Waals surface area contributed by atoms with Crippen molar-refractivity contribution in [2.24, 2.45) is 0 Å². The van der Waals surface area contributed by atoms with Crippen molar-refractivity contribution in [2.45, 2.75) is 18.7 Å². The van der Waals surface area contributed by atoms with E-state index in [2.05, 4.69) is 12.6 Å². The van der Waals surface area contributed by atoms with Gasteiger partial charge in [-0.1, -0.05) is 11.6 Å². The van der Waals surface area contributed by atoms with Crippen molar-refractivity contribution in [1.82, 2.24) is 0 Å². The number of ether oxygens (including phenoxy) is 1. The summed E-state index contributed by atoms with van der Waals surface area (Å²) in [6, 6.07) is 4.89. The normalized spacial score (nSPS) is 12.0. The van der Waals surface area contributed by atoms with Gasteiger partial charge in [0, 0.05) is 10.5 Å². The molecule has 0 radical (unpaired) electrons. The lowest BCUT2D eigenvalue weighted by molar-refractivity contribution is -0.138. The van der Waals surface area contributed by atoms with Crippen molar-refractivity contribution in [1.29, 1.82) is 0 Å². The molecule has 1 rings (SSSR count). The number of carbonyl (C=O) groups excluding carboxylic acids is 1. The van der Waals surface area contributed by atoms with Gasteiger partial charge in [-0.25, -0.2) is 4.79 Å². The van der Waals surface area contributed by atoms with Crippen LogP contribution in [0.15, 0.2) is 28.7 Å². The van der Waals surface area contributed by atoms with Crippen LogP contribution in [-0.4, -0.2) is 17.7 Å². The predicted octanol–water partition coefficient (Wildman–Crippen LogP) is 3.48. The molecule has 0 saturated carbocycles. The number of hydrogen-bond donors (Lipinski definition) is 2. The van der Waals surface area contributed by atoms with Crippen LogP contribution >= 0.6 is 24.2 Å². The summed E-state index contributed by atoms with van der Waals surface area (Å²) in [6.07, 6.45) is 0. The Labute approximate surface area is 110 Å². The van der Waals surface area contributed by atoms with Gasteiger partial charge in [-0.15, -0.1) is 12.6 Å². The maximum atomic E-state index is 11.5. The number of halogens is 1. The van der Waals surface area contributed by atoms with Crippen molar-refractivity contribution in [3.05, 3.63) is 34.4 Å². The molecule has 1 aromatic rings. The van der Waals surface area contributed by atoms with Gasteiger partial charge in [-0.05, 0) is 32.0 Å². The third-order valence-electron chi connectivity index (χ3n) is 2.14. The second-order valence-electron chi connectivity index (χ2n) is 3.36. The standard InChI is InChI=1S/C12H13ClO3S/c1-3-16-12(15)7(2)11(14)9-6-8(17)4-5-10(9)13/h4-6,14,17H,3H2,1-2H3/b11-7-. The molecule has 0 saturated heterocycles. The molecular weight excluding hydrogens is 260 g/mol. The summed E-state index contributed by atoms with van der Waals surface area (Å²) < 4.78 is 4.80. The van der Waals surface area contributed by atoms with Gasteiger partial charge in [0.05, 0.1) is 17.2 Å². The molecule has 0 heterocycles. The van der Waals surface area contributed by atoms with E-state index in [9.17, 15) is 9.90 Å². The van der Waals surface area contributed by atoms with Crippen LogP contribution in [0.4, 0.5) is 0 Å². The number of hydrogen-bond acceptors (Lipinski definition) is 4. The molecule has 0 aromatic heterocycles. The Morgan fingerprint density at radius 1 is 1.53 bits per heavy atom. The Hall–Kier alpha value is -1.13. The van der Waals surface area contributed by atoms with Crippen molar-refractivity contribution in [3.63, 3.8) is 0 Å². The topological polar surface area (TPSA) is 46.5 Å². The predicted molar refractivity (Wildman–Crippen MR) is 70.6 cm³/mol. The van der Waals surface area contributed by atoms with Crippen LogP contribution in [0.1, 0.15) is 19.4 Å². The second kappa shape index (κ2) is 5.98. The molecule has 92 valence electrons. The molecule has 0 spiro atoms. The Morgan fingerprint density at radius 2 is 2.18 bits per heavy atom. The number of benzene rings is 1. The Balaban J connectivity index is 3.18. The Morgan fingerprint density at radius 3 is 2.76 bits per heavy atom. The fourth-order valence-electron chi connectivity index (χ4n) is 1.23. The van der Waals surface area contributed by atoms with Gasteiger partial charge in [0.15, 0.2) is 0 Å². The van der Waals surface area contributed by atoms with Crippen LogP contribution in [-0.2, 0) is 9.53 Å². The van der Waals surface area contributed by atoms with Gasteiger partial charge >= 0.3 is 5.97 Å². The molecule has 0 aliphatic carbocycles. The molecule has 0 aliphatic rings. The summed E-state index contributed by atoms with van der Waals surface area (Å²) in [4.78, 5) is 12.1. The van der Waals surface area contributed by atoms with E-state index < -0.39 is 5.97 Å². The number of aliphatic hydroxyl groups excluding tert-OH is 1. The Bertz CT molecular complexity index is 469.